The molecule has 0 fully saturated rings. The van der Waals surface area contributed by atoms with E-state index in [1.165, 1.54) is 12.8 Å². The molecule has 0 aromatic carbocycles. The fourth-order valence-electron chi connectivity index (χ4n) is 2.42. The molecule has 2 atom stereocenters. The van der Waals surface area contributed by atoms with E-state index >= 15 is 0 Å². The van der Waals surface area contributed by atoms with Gasteiger partial charge in [0.1, 0.15) is 0 Å². The molecule has 70 valence electrons. The van der Waals surface area contributed by atoms with Gasteiger partial charge in [0.05, 0.1) is 0 Å². The van der Waals surface area contributed by atoms with Gasteiger partial charge < -0.3 is 0 Å². The molecule has 12 heavy (non-hydrogen) atoms. The van der Waals surface area contributed by atoms with Gasteiger partial charge in [0.25, 0.3) is 0 Å². The van der Waals surface area contributed by atoms with E-state index in [0.717, 1.165) is 11.8 Å². The van der Waals surface area contributed by atoms with Crippen LogP contribution in [0.4, 0.5) is 0 Å². The van der Waals surface area contributed by atoms with E-state index in [9.17, 15) is 0 Å². The Hall–Kier alpha value is 0.539. The first-order chi connectivity index (χ1) is 5.46. The van der Waals surface area contributed by atoms with E-state index < -0.39 is 18.4 Å². The molecule has 0 aromatic heterocycles. The average molecular weight is 273 g/mol. The molecule has 1 heteroatoms. The Labute approximate surface area is 81.3 Å². The normalized spacial score (nSPS) is 30.6. The van der Waals surface area contributed by atoms with Gasteiger partial charge in [-0.15, -0.1) is 0 Å². The molecule has 0 nitrogen and oxygen atoms in total. The van der Waals surface area contributed by atoms with Crippen molar-refractivity contribution in [1.82, 2.24) is 0 Å². The minimum atomic E-state index is -1.70. The van der Waals surface area contributed by atoms with Gasteiger partial charge in [0.2, 0.25) is 0 Å². The zero-order valence-electron chi connectivity index (χ0n) is 9.15. The van der Waals surface area contributed by atoms with Crippen LogP contribution in [-0.2, 0) is 0 Å². The van der Waals surface area contributed by atoms with Gasteiger partial charge in [-0.2, -0.15) is 0 Å². The van der Waals surface area contributed by atoms with Crippen LogP contribution in [0.1, 0.15) is 26.7 Å². The summed E-state index contributed by atoms with van der Waals surface area (Å²) in [5.74, 6) is 1.88. The van der Waals surface area contributed by atoms with Crippen molar-refractivity contribution in [3.63, 3.8) is 0 Å². The average Bonchev–Trinajstić information content (AvgIpc) is 2.29. The first-order valence-electron chi connectivity index (χ1n) is 5.17. The van der Waals surface area contributed by atoms with Gasteiger partial charge in [-0.05, 0) is 0 Å². The van der Waals surface area contributed by atoms with E-state index in [1.807, 2.05) is 3.59 Å². The molecule has 0 amide bonds. The first kappa shape index (κ1) is 10.6. The fraction of sp³-hybridized carbons (Fsp3) is 0.818. The molecule has 1 aliphatic rings. The van der Waals surface area contributed by atoms with Crippen molar-refractivity contribution in [1.29, 1.82) is 0 Å². The Morgan fingerprint density at radius 1 is 1.42 bits per heavy atom. The van der Waals surface area contributed by atoms with Crippen LogP contribution in [0, 0.1) is 11.8 Å². The maximum absolute atomic E-state index is 2.56. The van der Waals surface area contributed by atoms with Crippen LogP contribution >= 0.6 is 0 Å². The molecule has 0 saturated carbocycles. The quantitative estimate of drug-likeness (QED) is 0.670. The third-order valence-electron chi connectivity index (χ3n) is 3.10. The second-order valence-corrected chi connectivity index (χ2v) is 19.6. The maximum atomic E-state index is 2.56. The van der Waals surface area contributed by atoms with Crippen LogP contribution in [0.15, 0.2) is 9.67 Å². The third kappa shape index (κ3) is 2.07. The Bertz CT molecular complexity index is 186. The molecular weight excluding hydrogens is 251 g/mol. The summed E-state index contributed by atoms with van der Waals surface area (Å²) in [5, 5.41) is 0. The summed E-state index contributed by atoms with van der Waals surface area (Å²) in [6.07, 6.45) is 5.28. The van der Waals surface area contributed by atoms with E-state index in [-0.39, 0.29) is 0 Å². The van der Waals surface area contributed by atoms with Crippen molar-refractivity contribution in [2.24, 2.45) is 11.8 Å². The second-order valence-electron chi connectivity index (χ2n) is 5.14. The van der Waals surface area contributed by atoms with Gasteiger partial charge >= 0.3 is 81.4 Å². The second kappa shape index (κ2) is 3.73. The van der Waals surface area contributed by atoms with Crippen LogP contribution in [-0.4, -0.2) is 18.4 Å². The van der Waals surface area contributed by atoms with E-state index in [2.05, 4.69) is 34.7 Å². The SMILES string of the molecule is CCC1[C]([Sn]([CH3])([CH3])[CH3])=CCC1C. The van der Waals surface area contributed by atoms with Gasteiger partial charge in [0.15, 0.2) is 0 Å². The fourth-order valence-corrected chi connectivity index (χ4v) is 9.07. The molecular formula is C11H22Sn. The summed E-state index contributed by atoms with van der Waals surface area (Å²) in [6.45, 7) is 4.76. The van der Waals surface area contributed by atoms with Gasteiger partial charge in [-0.1, -0.05) is 0 Å². The molecule has 0 radical (unpaired) electrons. The molecule has 0 spiro atoms. The molecule has 0 bridgehead atoms. The van der Waals surface area contributed by atoms with Gasteiger partial charge in [-0.25, -0.2) is 0 Å². The van der Waals surface area contributed by atoms with Gasteiger partial charge in [0, 0.05) is 0 Å². The van der Waals surface area contributed by atoms with Gasteiger partial charge in [-0.3, -0.25) is 0 Å². The Balaban J connectivity index is 2.78. The minimum absolute atomic E-state index is 0.931. The molecule has 0 saturated heterocycles. The van der Waals surface area contributed by atoms with Crippen LogP contribution < -0.4 is 0 Å². The first-order valence-corrected chi connectivity index (χ1v) is 15.2. The summed E-state index contributed by atoms with van der Waals surface area (Å²) in [6, 6.07) is 0. The number of allylic oxidation sites excluding steroid dienone is 2. The van der Waals surface area contributed by atoms with Crippen molar-refractivity contribution in [3.8, 4) is 0 Å². The van der Waals surface area contributed by atoms with Crippen molar-refractivity contribution >= 4 is 18.4 Å². The Morgan fingerprint density at radius 3 is 2.33 bits per heavy atom. The monoisotopic (exact) mass is 274 g/mol. The van der Waals surface area contributed by atoms with Crippen molar-refractivity contribution in [2.45, 2.75) is 41.5 Å². The molecule has 1 rings (SSSR count). The van der Waals surface area contributed by atoms with Crippen LogP contribution in [0.25, 0.3) is 0 Å². The molecule has 0 heterocycles. The summed E-state index contributed by atoms with van der Waals surface area (Å²) in [4.78, 5) is 7.63. The van der Waals surface area contributed by atoms with Crippen molar-refractivity contribution < 1.29 is 0 Å². The Morgan fingerprint density at radius 2 is 2.00 bits per heavy atom. The summed E-state index contributed by atoms with van der Waals surface area (Å²) < 4.78 is 1.90. The topological polar surface area (TPSA) is 0 Å². The third-order valence-corrected chi connectivity index (χ3v) is 9.69. The summed E-state index contributed by atoms with van der Waals surface area (Å²) in [5.41, 5.74) is 0. The molecule has 0 N–H and O–H groups in total. The molecule has 2 unspecified atom stereocenters. The number of hydrogen-bond acceptors (Lipinski definition) is 0. The zero-order chi connectivity index (χ0) is 9.35. The van der Waals surface area contributed by atoms with Crippen LogP contribution in [0.3, 0.4) is 0 Å². The zero-order valence-corrected chi connectivity index (χ0v) is 12.0. The molecule has 1 aliphatic carbocycles. The molecule has 0 aromatic rings. The standard InChI is InChI=1S/C8H13.3CH3.Sn/c1-3-8-6-4-5-7(8)2;;;;/h4,7-8H,3,5H2,1-2H3;3*1H3;. The summed E-state index contributed by atoms with van der Waals surface area (Å²) >= 11 is -1.70. The summed E-state index contributed by atoms with van der Waals surface area (Å²) in [7, 11) is 0. The van der Waals surface area contributed by atoms with E-state index in [1.54, 1.807) is 0 Å². The van der Waals surface area contributed by atoms with Crippen molar-refractivity contribution in [3.05, 3.63) is 9.67 Å². The predicted molar refractivity (Wildman–Crippen MR) is 59.0 cm³/mol. The number of rotatable bonds is 2. The van der Waals surface area contributed by atoms with E-state index in [4.69, 9.17) is 0 Å². The van der Waals surface area contributed by atoms with E-state index in [0.29, 0.717) is 0 Å². The Kier molecular flexibility index (Phi) is 3.30. The molecule has 0 aliphatic heterocycles. The predicted octanol–water partition coefficient (Wildman–Crippen LogP) is 3.86. The van der Waals surface area contributed by atoms with Crippen LogP contribution in [0.2, 0.25) is 14.8 Å². The number of hydrogen-bond donors (Lipinski definition) is 0. The van der Waals surface area contributed by atoms with Crippen molar-refractivity contribution in [2.75, 3.05) is 0 Å². The van der Waals surface area contributed by atoms with Crippen LogP contribution in [0.5, 0.6) is 0 Å².